The van der Waals surface area contributed by atoms with Gasteiger partial charge in [0, 0.05) is 31.2 Å². The molecule has 98 valence electrons. The van der Waals surface area contributed by atoms with Crippen LogP contribution in [0.1, 0.15) is 37.4 Å². The molecule has 1 aromatic rings. The molecular formula is C12H19N5O. The molecule has 2 fully saturated rings. The number of nitrogens with zero attached hydrogens (tertiary/aromatic N) is 2. The van der Waals surface area contributed by atoms with Crippen molar-refractivity contribution in [3.8, 4) is 0 Å². The molecule has 3 rings (SSSR count). The maximum Gasteiger partial charge on any atom is 0.145 e. The van der Waals surface area contributed by atoms with Gasteiger partial charge in [0.15, 0.2) is 0 Å². The fraction of sp³-hybridized carbons (Fsp3) is 0.667. The van der Waals surface area contributed by atoms with Crippen molar-refractivity contribution in [1.82, 2.24) is 9.97 Å². The number of ether oxygens (including phenoxy) is 1. The summed E-state index contributed by atoms with van der Waals surface area (Å²) in [7, 11) is 0. The van der Waals surface area contributed by atoms with Gasteiger partial charge in [0.05, 0.1) is 0 Å². The molecule has 1 saturated heterocycles. The standard InChI is InChI=1S/C12H19N5O/c13-17-11-7-10(14-9-3-5-18-6-4-9)15-12(16-11)8-1-2-8/h7-9H,1-6,13H2,(H2,14,15,16,17). The summed E-state index contributed by atoms with van der Waals surface area (Å²) in [5, 5.41) is 3.45. The van der Waals surface area contributed by atoms with Gasteiger partial charge in [0.2, 0.25) is 0 Å². The van der Waals surface area contributed by atoms with E-state index < -0.39 is 0 Å². The topological polar surface area (TPSA) is 85.1 Å². The monoisotopic (exact) mass is 249 g/mol. The van der Waals surface area contributed by atoms with Crippen LogP contribution in [0.3, 0.4) is 0 Å². The van der Waals surface area contributed by atoms with E-state index in [1.54, 1.807) is 0 Å². The van der Waals surface area contributed by atoms with Gasteiger partial charge in [-0.3, -0.25) is 0 Å². The molecular weight excluding hydrogens is 230 g/mol. The predicted molar refractivity (Wildman–Crippen MR) is 69.3 cm³/mol. The van der Waals surface area contributed by atoms with Crippen LogP contribution in [-0.2, 0) is 4.74 Å². The Bertz CT molecular complexity index is 415. The van der Waals surface area contributed by atoms with Gasteiger partial charge >= 0.3 is 0 Å². The molecule has 1 aliphatic heterocycles. The number of nitrogens with one attached hydrogen (secondary N) is 2. The summed E-state index contributed by atoms with van der Waals surface area (Å²) < 4.78 is 5.35. The summed E-state index contributed by atoms with van der Waals surface area (Å²) in [4.78, 5) is 8.97. The summed E-state index contributed by atoms with van der Waals surface area (Å²) in [6.07, 6.45) is 4.41. The fourth-order valence-corrected chi connectivity index (χ4v) is 2.19. The second kappa shape index (κ2) is 5.07. The van der Waals surface area contributed by atoms with E-state index in [1.165, 1.54) is 12.8 Å². The van der Waals surface area contributed by atoms with Gasteiger partial charge in [-0.05, 0) is 25.7 Å². The van der Waals surface area contributed by atoms with E-state index in [0.717, 1.165) is 37.7 Å². The predicted octanol–water partition coefficient (Wildman–Crippen LogP) is 1.23. The molecule has 1 saturated carbocycles. The number of anilines is 2. The highest BCUT2D eigenvalue weighted by atomic mass is 16.5. The second-order valence-corrected chi connectivity index (χ2v) is 4.95. The maximum absolute atomic E-state index is 5.45. The summed E-state index contributed by atoms with van der Waals surface area (Å²) in [6.45, 7) is 1.64. The number of hydrogen-bond donors (Lipinski definition) is 3. The molecule has 0 spiro atoms. The Labute approximate surface area is 106 Å². The lowest BCUT2D eigenvalue weighted by Crippen LogP contribution is -2.28. The van der Waals surface area contributed by atoms with E-state index in [0.29, 0.717) is 17.8 Å². The molecule has 0 unspecified atom stereocenters. The Balaban J connectivity index is 1.74. The lowest BCUT2D eigenvalue weighted by Gasteiger charge is -2.23. The zero-order valence-corrected chi connectivity index (χ0v) is 10.4. The number of nitrogen functional groups attached to an aromatic ring is 1. The van der Waals surface area contributed by atoms with E-state index in [4.69, 9.17) is 10.6 Å². The summed E-state index contributed by atoms with van der Waals surface area (Å²) in [5.41, 5.74) is 2.61. The summed E-state index contributed by atoms with van der Waals surface area (Å²) in [5.74, 6) is 8.43. The van der Waals surface area contributed by atoms with Crippen molar-refractivity contribution >= 4 is 11.6 Å². The minimum absolute atomic E-state index is 0.436. The molecule has 0 bridgehead atoms. The van der Waals surface area contributed by atoms with Crippen LogP contribution in [0.2, 0.25) is 0 Å². The van der Waals surface area contributed by atoms with Crippen molar-refractivity contribution in [3.63, 3.8) is 0 Å². The van der Waals surface area contributed by atoms with Crippen LogP contribution >= 0.6 is 0 Å². The number of hydrazine groups is 1. The molecule has 0 atom stereocenters. The Morgan fingerprint density at radius 1 is 1.11 bits per heavy atom. The van der Waals surface area contributed by atoms with Crippen molar-refractivity contribution < 1.29 is 4.74 Å². The fourth-order valence-electron chi connectivity index (χ4n) is 2.19. The lowest BCUT2D eigenvalue weighted by atomic mass is 10.1. The molecule has 6 heteroatoms. The Morgan fingerprint density at radius 3 is 2.50 bits per heavy atom. The third-order valence-electron chi connectivity index (χ3n) is 3.41. The van der Waals surface area contributed by atoms with Gasteiger partial charge in [0.25, 0.3) is 0 Å². The Morgan fingerprint density at radius 2 is 1.83 bits per heavy atom. The Kier molecular flexibility index (Phi) is 3.29. The first-order chi connectivity index (χ1) is 8.85. The second-order valence-electron chi connectivity index (χ2n) is 4.95. The van der Waals surface area contributed by atoms with Crippen LogP contribution in [-0.4, -0.2) is 29.2 Å². The minimum atomic E-state index is 0.436. The highest BCUT2D eigenvalue weighted by molar-refractivity contribution is 5.48. The van der Waals surface area contributed by atoms with Gasteiger partial charge in [-0.15, -0.1) is 0 Å². The van der Waals surface area contributed by atoms with Crippen molar-refractivity contribution in [1.29, 1.82) is 0 Å². The van der Waals surface area contributed by atoms with Crippen LogP contribution in [0.15, 0.2) is 6.07 Å². The first kappa shape index (κ1) is 11.7. The van der Waals surface area contributed by atoms with Crippen LogP contribution < -0.4 is 16.6 Å². The minimum Gasteiger partial charge on any atom is -0.381 e. The third-order valence-corrected chi connectivity index (χ3v) is 3.41. The average molecular weight is 249 g/mol. The SMILES string of the molecule is NNc1cc(NC2CCOCC2)nc(C2CC2)n1. The molecule has 4 N–H and O–H groups in total. The molecule has 0 radical (unpaired) electrons. The summed E-state index contributed by atoms with van der Waals surface area (Å²) in [6, 6.07) is 2.30. The molecule has 6 nitrogen and oxygen atoms in total. The van der Waals surface area contributed by atoms with E-state index in [1.807, 2.05) is 6.07 Å². The van der Waals surface area contributed by atoms with Crippen molar-refractivity contribution in [3.05, 3.63) is 11.9 Å². The van der Waals surface area contributed by atoms with E-state index >= 15 is 0 Å². The van der Waals surface area contributed by atoms with Crippen molar-refractivity contribution in [2.45, 2.75) is 37.6 Å². The van der Waals surface area contributed by atoms with Crippen LogP contribution in [0.4, 0.5) is 11.6 Å². The van der Waals surface area contributed by atoms with Crippen LogP contribution in [0.25, 0.3) is 0 Å². The number of hydrogen-bond acceptors (Lipinski definition) is 6. The molecule has 18 heavy (non-hydrogen) atoms. The number of nitrogens with two attached hydrogens (primary N) is 1. The first-order valence-electron chi connectivity index (χ1n) is 6.55. The van der Waals surface area contributed by atoms with Crippen LogP contribution in [0.5, 0.6) is 0 Å². The average Bonchev–Trinajstić information content (AvgIpc) is 3.24. The molecule has 1 aromatic heterocycles. The van der Waals surface area contributed by atoms with Gasteiger partial charge in [-0.2, -0.15) is 0 Å². The zero-order chi connectivity index (χ0) is 12.4. The zero-order valence-electron chi connectivity index (χ0n) is 10.4. The van der Waals surface area contributed by atoms with Crippen molar-refractivity contribution in [2.75, 3.05) is 24.0 Å². The molecule has 1 aliphatic carbocycles. The van der Waals surface area contributed by atoms with Crippen molar-refractivity contribution in [2.24, 2.45) is 5.84 Å². The largest absolute Gasteiger partial charge is 0.381 e. The highest BCUT2D eigenvalue weighted by Crippen LogP contribution is 2.38. The molecule has 2 aliphatic rings. The van der Waals surface area contributed by atoms with Crippen LogP contribution in [0, 0.1) is 0 Å². The molecule has 0 amide bonds. The third kappa shape index (κ3) is 2.70. The number of aromatic nitrogens is 2. The lowest BCUT2D eigenvalue weighted by molar-refractivity contribution is 0.0904. The maximum atomic E-state index is 5.45. The number of rotatable bonds is 4. The van der Waals surface area contributed by atoms with E-state index in [9.17, 15) is 0 Å². The Hall–Kier alpha value is -1.40. The van der Waals surface area contributed by atoms with E-state index in [-0.39, 0.29) is 0 Å². The van der Waals surface area contributed by atoms with Gasteiger partial charge in [0.1, 0.15) is 17.5 Å². The molecule has 0 aromatic carbocycles. The smallest absolute Gasteiger partial charge is 0.145 e. The van der Waals surface area contributed by atoms with Gasteiger partial charge in [-0.1, -0.05) is 0 Å². The molecule has 2 heterocycles. The quantitative estimate of drug-likeness (QED) is 0.550. The summed E-state index contributed by atoms with van der Waals surface area (Å²) >= 11 is 0. The first-order valence-corrected chi connectivity index (χ1v) is 6.55. The van der Waals surface area contributed by atoms with Gasteiger partial charge < -0.3 is 15.5 Å². The highest BCUT2D eigenvalue weighted by Gasteiger charge is 2.27. The van der Waals surface area contributed by atoms with E-state index in [2.05, 4.69) is 20.7 Å². The normalized spacial score (nSPS) is 20.7. The van der Waals surface area contributed by atoms with Gasteiger partial charge in [-0.25, -0.2) is 15.8 Å².